The predicted molar refractivity (Wildman–Crippen MR) is 91.9 cm³/mol. The summed E-state index contributed by atoms with van der Waals surface area (Å²) in [6, 6.07) is 5.66. The zero-order chi connectivity index (χ0) is 15.1. The molecule has 0 amide bonds. The van der Waals surface area contributed by atoms with Crippen LogP contribution in [-0.2, 0) is 13.5 Å². The quantitative estimate of drug-likeness (QED) is 0.658. The minimum Gasteiger partial charge on any atom is -0.327 e. The molecule has 0 radical (unpaired) electrons. The first kappa shape index (κ1) is 14.8. The first-order valence-electron chi connectivity index (χ1n) is 6.65. The molecule has 21 heavy (non-hydrogen) atoms. The van der Waals surface area contributed by atoms with E-state index in [1.54, 1.807) is 0 Å². The standard InChI is InChI=1S/C14H14BrClN4S/c1-3-4-10-12-13(19(2)18-10)20(14(21)17-12)11-6-5-8(16)7-9(11)15/h5-7H,3-4H2,1-2H3,(H,17,21). The highest BCUT2D eigenvalue weighted by Crippen LogP contribution is 2.29. The number of imidazole rings is 1. The van der Waals surface area contributed by atoms with Crippen molar-refractivity contribution in [3.05, 3.63) is 38.2 Å². The molecule has 4 nitrogen and oxygen atoms in total. The molecular weight excluding hydrogens is 372 g/mol. The van der Waals surface area contributed by atoms with Gasteiger partial charge in [0.25, 0.3) is 0 Å². The van der Waals surface area contributed by atoms with E-state index in [4.69, 9.17) is 23.8 Å². The molecule has 0 aliphatic rings. The number of nitrogens with zero attached hydrogens (tertiary/aromatic N) is 3. The Morgan fingerprint density at radius 3 is 2.86 bits per heavy atom. The topological polar surface area (TPSA) is 38.5 Å². The molecule has 110 valence electrons. The molecule has 3 aromatic rings. The molecule has 0 atom stereocenters. The summed E-state index contributed by atoms with van der Waals surface area (Å²) in [6.45, 7) is 2.14. The third-order valence-corrected chi connectivity index (χ3v) is 4.53. The summed E-state index contributed by atoms with van der Waals surface area (Å²) in [6.07, 6.45) is 1.97. The largest absolute Gasteiger partial charge is 0.327 e. The lowest BCUT2D eigenvalue weighted by atomic mass is 10.2. The summed E-state index contributed by atoms with van der Waals surface area (Å²) in [5.41, 5.74) is 3.96. The third-order valence-electron chi connectivity index (χ3n) is 3.37. The summed E-state index contributed by atoms with van der Waals surface area (Å²) < 4.78 is 5.40. The van der Waals surface area contributed by atoms with Crippen molar-refractivity contribution in [1.82, 2.24) is 19.3 Å². The lowest BCUT2D eigenvalue weighted by molar-refractivity contribution is 0.735. The molecule has 1 N–H and O–H groups in total. The Morgan fingerprint density at radius 1 is 1.43 bits per heavy atom. The predicted octanol–water partition coefficient (Wildman–Crippen LogP) is 4.79. The van der Waals surface area contributed by atoms with Gasteiger partial charge in [0, 0.05) is 16.5 Å². The SMILES string of the molecule is CCCc1nn(C)c2c1[nH]c(=S)n2-c1ccc(Cl)cc1Br. The van der Waals surface area contributed by atoms with Gasteiger partial charge in [-0.2, -0.15) is 5.10 Å². The summed E-state index contributed by atoms with van der Waals surface area (Å²) in [7, 11) is 1.93. The van der Waals surface area contributed by atoms with E-state index in [0.29, 0.717) is 9.79 Å². The van der Waals surface area contributed by atoms with Crippen LogP contribution in [0.15, 0.2) is 22.7 Å². The smallest absolute Gasteiger partial charge is 0.184 e. The highest BCUT2D eigenvalue weighted by Gasteiger charge is 2.17. The van der Waals surface area contributed by atoms with Gasteiger partial charge in [-0.25, -0.2) is 4.68 Å². The first-order valence-corrected chi connectivity index (χ1v) is 8.23. The van der Waals surface area contributed by atoms with Gasteiger partial charge in [0.05, 0.1) is 11.4 Å². The fraction of sp³-hybridized carbons (Fsp3) is 0.286. The van der Waals surface area contributed by atoms with E-state index >= 15 is 0 Å². The van der Waals surface area contributed by atoms with E-state index in [1.807, 2.05) is 34.5 Å². The Kier molecular flexibility index (Phi) is 3.94. The Bertz CT molecular complexity index is 877. The van der Waals surface area contributed by atoms with Crippen LogP contribution < -0.4 is 0 Å². The van der Waals surface area contributed by atoms with E-state index in [-0.39, 0.29) is 0 Å². The van der Waals surface area contributed by atoms with Crippen molar-refractivity contribution < 1.29 is 0 Å². The van der Waals surface area contributed by atoms with Crippen LogP contribution in [0.4, 0.5) is 0 Å². The number of nitrogens with one attached hydrogen (secondary N) is 1. The van der Waals surface area contributed by atoms with E-state index in [1.165, 1.54) is 0 Å². The maximum Gasteiger partial charge on any atom is 0.184 e. The second-order valence-electron chi connectivity index (χ2n) is 4.88. The van der Waals surface area contributed by atoms with Gasteiger partial charge in [-0.15, -0.1) is 0 Å². The summed E-state index contributed by atoms with van der Waals surface area (Å²) in [4.78, 5) is 3.28. The third kappa shape index (κ3) is 2.45. The number of aromatic amines is 1. The van der Waals surface area contributed by atoms with Crippen LogP contribution >= 0.6 is 39.7 Å². The van der Waals surface area contributed by atoms with Crippen LogP contribution in [0.3, 0.4) is 0 Å². The van der Waals surface area contributed by atoms with Crippen molar-refractivity contribution in [1.29, 1.82) is 0 Å². The Labute approximate surface area is 140 Å². The summed E-state index contributed by atoms with van der Waals surface area (Å²) in [5.74, 6) is 0. The minimum atomic E-state index is 0.651. The molecule has 3 rings (SSSR count). The molecule has 0 aliphatic heterocycles. The van der Waals surface area contributed by atoms with Crippen LogP contribution in [-0.4, -0.2) is 19.3 Å². The number of aromatic nitrogens is 4. The first-order chi connectivity index (χ1) is 10.0. The van der Waals surface area contributed by atoms with E-state index in [0.717, 1.165) is 39.9 Å². The maximum atomic E-state index is 6.02. The normalized spacial score (nSPS) is 11.4. The van der Waals surface area contributed by atoms with Gasteiger partial charge in [-0.3, -0.25) is 4.57 Å². The Morgan fingerprint density at radius 2 is 2.19 bits per heavy atom. The molecule has 0 fully saturated rings. The van der Waals surface area contributed by atoms with Gasteiger partial charge in [0.15, 0.2) is 10.4 Å². The molecule has 0 aliphatic carbocycles. The second kappa shape index (κ2) is 5.59. The number of rotatable bonds is 3. The maximum absolute atomic E-state index is 6.02. The van der Waals surface area contributed by atoms with Crippen LogP contribution in [0.25, 0.3) is 16.9 Å². The molecule has 0 unspecified atom stereocenters. The van der Waals surface area contributed by atoms with Crippen molar-refractivity contribution in [2.24, 2.45) is 7.05 Å². The number of aryl methyl sites for hydroxylation is 2. The molecule has 0 saturated heterocycles. The second-order valence-corrected chi connectivity index (χ2v) is 6.56. The van der Waals surface area contributed by atoms with Crippen LogP contribution in [0.1, 0.15) is 19.0 Å². The average molecular weight is 386 g/mol. The van der Waals surface area contributed by atoms with Gasteiger partial charge >= 0.3 is 0 Å². The number of H-pyrrole nitrogens is 1. The van der Waals surface area contributed by atoms with Gasteiger partial charge in [0.2, 0.25) is 0 Å². The van der Waals surface area contributed by atoms with Crippen LogP contribution in [0.2, 0.25) is 5.02 Å². The molecule has 2 aromatic heterocycles. The molecule has 2 heterocycles. The highest BCUT2D eigenvalue weighted by atomic mass is 79.9. The van der Waals surface area contributed by atoms with Crippen molar-refractivity contribution >= 4 is 50.9 Å². The zero-order valence-electron chi connectivity index (χ0n) is 11.7. The Balaban J connectivity index is 2.32. The van der Waals surface area contributed by atoms with Gasteiger partial charge in [-0.05, 0) is 52.8 Å². The van der Waals surface area contributed by atoms with Crippen LogP contribution in [0, 0.1) is 4.77 Å². The minimum absolute atomic E-state index is 0.651. The van der Waals surface area contributed by atoms with Crippen molar-refractivity contribution in [3.8, 4) is 5.69 Å². The zero-order valence-corrected chi connectivity index (χ0v) is 14.8. The van der Waals surface area contributed by atoms with Crippen molar-refractivity contribution in [3.63, 3.8) is 0 Å². The molecular formula is C14H14BrClN4S. The summed E-state index contributed by atoms with van der Waals surface area (Å²) >= 11 is 15.1. The molecule has 7 heteroatoms. The molecule has 0 bridgehead atoms. The molecule has 0 saturated carbocycles. The number of fused-ring (bicyclic) bond motifs is 1. The Hall–Kier alpha value is -1.11. The van der Waals surface area contributed by atoms with E-state index < -0.39 is 0 Å². The number of hydrogen-bond acceptors (Lipinski definition) is 2. The fourth-order valence-corrected chi connectivity index (χ4v) is 3.66. The number of hydrogen-bond donors (Lipinski definition) is 1. The van der Waals surface area contributed by atoms with Gasteiger partial charge < -0.3 is 4.98 Å². The fourth-order valence-electron chi connectivity index (χ4n) is 2.51. The van der Waals surface area contributed by atoms with E-state index in [2.05, 4.69) is 32.9 Å². The average Bonchev–Trinajstić information content (AvgIpc) is 2.89. The van der Waals surface area contributed by atoms with Gasteiger partial charge in [-0.1, -0.05) is 24.9 Å². The van der Waals surface area contributed by atoms with E-state index in [9.17, 15) is 0 Å². The van der Waals surface area contributed by atoms with Gasteiger partial charge in [0.1, 0.15) is 5.52 Å². The lowest BCUT2D eigenvalue weighted by Crippen LogP contribution is -2.01. The molecule has 0 spiro atoms. The number of halogens is 2. The molecule has 1 aromatic carbocycles. The lowest BCUT2D eigenvalue weighted by Gasteiger charge is -2.07. The summed E-state index contributed by atoms with van der Waals surface area (Å²) in [5, 5.41) is 5.27. The highest BCUT2D eigenvalue weighted by molar-refractivity contribution is 9.10. The van der Waals surface area contributed by atoms with Crippen molar-refractivity contribution in [2.75, 3.05) is 0 Å². The van der Waals surface area contributed by atoms with Crippen molar-refractivity contribution in [2.45, 2.75) is 19.8 Å². The number of benzene rings is 1. The monoisotopic (exact) mass is 384 g/mol. The van der Waals surface area contributed by atoms with Crippen LogP contribution in [0.5, 0.6) is 0 Å².